The minimum Gasteiger partial charge on any atom is -0.366 e. The van der Waals surface area contributed by atoms with Gasteiger partial charge in [0.05, 0.1) is 10.6 Å². The molecule has 1 aliphatic heterocycles. The smallest absolute Gasteiger partial charge is 0.324 e. The van der Waals surface area contributed by atoms with Crippen molar-refractivity contribution in [2.45, 2.75) is 38.1 Å². The highest BCUT2D eigenvalue weighted by Crippen LogP contribution is 2.35. The van der Waals surface area contributed by atoms with Gasteiger partial charge in [-0.2, -0.15) is 0 Å². The third kappa shape index (κ3) is 6.62. The van der Waals surface area contributed by atoms with Crippen LogP contribution in [-0.4, -0.2) is 39.9 Å². The standard InChI is InChI=1S/C21H26ClN5O2S/c1-15-10-11-23-19(13-15)26-18-8-6-7-16(25-18)17-14-24-21(30-17)27(2)12-5-3-4-9-20(28)29-22/h6-8,10-11,13-14,21,24H,3-5,9,12H2,1-2H3,(H,23,25,26). The van der Waals surface area contributed by atoms with Crippen molar-refractivity contribution in [1.29, 1.82) is 0 Å². The van der Waals surface area contributed by atoms with Crippen molar-refractivity contribution >= 4 is 46.1 Å². The highest BCUT2D eigenvalue weighted by atomic mass is 35.5. The summed E-state index contributed by atoms with van der Waals surface area (Å²) in [7, 11) is 2.09. The van der Waals surface area contributed by atoms with Crippen molar-refractivity contribution in [2.24, 2.45) is 0 Å². The predicted molar refractivity (Wildman–Crippen MR) is 122 cm³/mol. The van der Waals surface area contributed by atoms with Crippen molar-refractivity contribution in [3.63, 3.8) is 0 Å². The molecule has 0 bridgehead atoms. The Kier molecular flexibility index (Phi) is 8.36. The van der Waals surface area contributed by atoms with Crippen molar-refractivity contribution in [1.82, 2.24) is 20.2 Å². The second-order valence-electron chi connectivity index (χ2n) is 7.14. The lowest BCUT2D eigenvalue weighted by atomic mass is 10.2. The fourth-order valence-corrected chi connectivity index (χ4v) is 4.14. The van der Waals surface area contributed by atoms with Gasteiger partial charge in [0, 0.05) is 25.4 Å². The van der Waals surface area contributed by atoms with Gasteiger partial charge in [-0.3, -0.25) is 9.69 Å². The summed E-state index contributed by atoms with van der Waals surface area (Å²) in [5, 5.41) is 6.68. The van der Waals surface area contributed by atoms with Gasteiger partial charge in [0.1, 0.15) is 29.0 Å². The number of carbonyl (C=O) groups is 1. The molecule has 1 aliphatic rings. The minimum absolute atomic E-state index is 0.157. The Morgan fingerprint density at radius 3 is 2.97 bits per heavy atom. The zero-order valence-corrected chi connectivity index (χ0v) is 18.7. The van der Waals surface area contributed by atoms with E-state index in [1.165, 1.54) is 0 Å². The van der Waals surface area contributed by atoms with Crippen LogP contribution in [0.4, 0.5) is 11.6 Å². The molecule has 9 heteroatoms. The van der Waals surface area contributed by atoms with Gasteiger partial charge in [-0.05, 0) is 56.6 Å². The van der Waals surface area contributed by atoms with Crippen LogP contribution in [-0.2, 0) is 9.08 Å². The van der Waals surface area contributed by atoms with Crippen LogP contribution in [0.15, 0.2) is 42.7 Å². The highest BCUT2D eigenvalue weighted by molar-refractivity contribution is 8.09. The Hall–Kier alpha value is -2.29. The molecular weight excluding hydrogens is 422 g/mol. The number of thioether (sulfide) groups is 1. The van der Waals surface area contributed by atoms with E-state index in [9.17, 15) is 4.79 Å². The van der Waals surface area contributed by atoms with E-state index in [0.717, 1.165) is 53.6 Å². The topological polar surface area (TPSA) is 79.4 Å². The fourth-order valence-electron chi connectivity index (χ4n) is 3.03. The third-order valence-corrected chi connectivity index (χ3v) is 6.12. The van der Waals surface area contributed by atoms with E-state index in [1.54, 1.807) is 18.0 Å². The molecule has 7 nitrogen and oxygen atoms in total. The fraction of sp³-hybridized carbons (Fsp3) is 0.381. The normalized spacial score (nSPS) is 15.6. The number of hydrogen-bond donors (Lipinski definition) is 2. The van der Waals surface area contributed by atoms with Crippen LogP contribution in [0, 0.1) is 6.92 Å². The zero-order chi connectivity index (χ0) is 21.3. The summed E-state index contributed by atoms with van der Waals surface area (Å²) in [6, 6.07) is 9.89. The number of nitrogens with one attached hydrogen (secondary N) is 2. The van der Waals surface area contributed by atoms with Crippen LogP contribution in [0.25, 0.3) is 4.91 Å². The number of nitrogens with zero attached hydrogens (tertiary/aromatic N) is 3. The van der Waals surface area contributed by atoms with E-state index >= 15 is 0 Å². The molecule has 1 atom stereocenters. The SMILES string of the molecule is Cc1ccnc(Nc2cccc(C3=CNC(N(C)CCCCCC(=O)OCl)S3)n2)c1. The lowest BCUT2D eigenvalue weighted by Crippen LogP contribution is -2.36. The van der Waals surface area contributed by atoms with E-state index < -0.39 is 0 Å². The molecule has 2 N–H and O–H groups in total. The first-order valence-corrected chi connectivity index (χ1v) is 11.1. The molecule has 0 spiro atoms. The number of aromatic nitrogens is 2. The molecule has 3 heterocycles. The second-order valence-corrected chi connectivity index (χ2v) is 8.41. The Balaban J connectivity index is 1.48. The summed E-state index contributed by atoms with van der Waals surface area (Å²) in [6.07, 6.45) is 6.90. The van der Waals surface area contributed by atoms with E-state index in [1.807, 2.05) is 43.5 Å². The first kappa shape index (κ1) is 22.4. The maximum atomic E-state index is 11.0. The Morgan fingerprint density at radius 1 is 1.30 bits per heavy atom. The molecule has 0 fully saturated rings. The summed E-state index contributed by atoms with van der Waals surface area (Å²) < 4.78 is 4.15. The molecule has 0 aromatic carbocycles. The highest BCUT2D eigenvalue weighted by Gasteiger charge is 2.23. The lowest BCUT2D eigenvalue weighted by Gasteiger charge is -2.24. The number of aryl methyl sites for hydroxylation is 1. The average molecular weight is 448 g/mol. The summed E-state index contributed by atoms with van der Waals surface area (Å²) in [6.45, 7) is 2.96. The van der Waals surface area contributed by atoms with Crippen LogP contribution in [0.3, 0.4) is 0 Å². The van der Waals surface area contributed by atoms with Crippen LogP contribution in [0.5, 0.6) is 0 Å². The molecule has 2 aromatic heterocycles. The van der Waals surface area contributed by atoms with Crippen LogP contribution in [0.1, 0.15) is 36.9 Å². The van der Waals surface area contributed by atoms with E-state index in [2.05, 4.69) is 31.9 Å². The van der Waals surface area contributed by atoms with Gasteiger partial charge in [-0.1, -0.05) is 24.2 Å². The molecule has 3 rings (SSSR count). The number of halogens is 1. The zero-order valence-electron chi connectivity index (χ0n) is 17.1. The molecule has 1 unspecified atom stereocenters. The van der Waals surface area contributed by atoms with Gasteiger partial charge in [0.2, 0.25) is 0 Å². The monoisotopic (exact) mass is 447 g/mol. The molecule has 0 aliphatic carbocycles. The van der Waals surface area contributed by atoms with Gasteiger partial charge in [0.15, 0.2) is 0 Å². The van der Waals surface area contributed by atoms with Gasteiger partial charge in [-0.25, -0.2) is 9.97 Å². The molecule has 0 amide bonds. The quantitative estimate of drug-likeness (QED) is 0.510. The summed E-state index contributed by atoms with van der Waals surface area (Å²) in [5.41, 5.74) is 2.22. The van der Waals surface area contributed by atoms with Crippen LogP contribution >= 0.6 is 23.6 Å². The van der Waals surface area contributed by atoms with Gasteiger partial charge in [-0.15, -0.1) is 0 Å². The predicted octanol–water partition coefficient (Wildman–Crippen LogP) is 4.64. The average Bonchev–Trinajstić information content (AvgIpc) is 3.24. The lowest BCUT2D eigenvalue weighted by molar-refractivity contribution is -0.134. The first-order valence-electron chi connectivity index (χ1n) is 9.87. The molecular formula is C21H26ClN5O2S. The third-order valence-electron chi connectivity index (χ3n) is 4.65. The molecule has 0 saturated carbocycles. The molecule has 0 saturated heterocycles. The molecule has 30 heavy (non-hydrogen) atoms. The van der Waals surface area contributed by atoms with Crippen molar-refractivity contribution in [3.05, 3.63) is 54.0 Å². The number of pyridine rings is 2. The van der Waals surface area contributed by atoms with Gasteiger partial charge >= 0.3 is 5.97 Å². The molecule has 0 radical (unpaired) electrons. The number of unbranched alkanes of at least 4 members (excludes halogenated alkanes) is 2. The van der Waals surface area contributed by atoms with E-state index in [0.29, 0.717) is 6.42 Å². The van der Waals surface area contributed by atoms with Crippen LogP contribution < -0.4 is 10.6 Å². The van der Waals surface area contributed by atoms with Gasteiger partial charge < -0.3 is 14.9 Å². The number of rotatable bonds is 10. The Morgan fingerprint density at radius 2 is 2.17 bits per heavy atom. The molecule has 2 aromatic rings. The summed E-state index contributed by atoms with van der Waals surface area (Å²) >= 11 is 6.78. The van der Waals surface area contributed by atoms with E-state index in [-0.39, 0.29) is 11.5 Å². The number of anilines is 2. The maximum absolute atomic E-state index is 11.0. The summed E-state index contributed by atoms with van der Waals surface area (Å²) in [4.78, 5) is 23.4. The first-order chi connectivity index (χ1) is 14.5. The van der Waals surface area contributed by atoms with E-state index in [4.69, 9.17) is 16.9 Å². The summed E-state index contributed by atoms with van der Waals surface area (Å²) in [5.74, 6) is 1.18. The van der Waals surface area contributed by atoms with Crippen LogP contribution in [0.2, 0.25) is 0 Å². The van der Waals surface area contributed by atoms with Crippen molar-refractivity contribution < 1.29 is 9.08 Å². The van der Waals surface area contributed by atoms with Gasteiger partial charge in [0.25, 0.3) is 0 Å². The largest absolute Gasteiger partial charge is 0.366 e. The Labute approximate surface area is 186 Å². The molecule has 160 valence electrons. The second kappa shape index (κ2) is 11.2. The number of hydrogen-bond acceptors (Lipinski definition) is 8. The minimum atomic E-state index is -0.366. The van der Waals surface area contributed by atoms with Crippen molar-refractivity contribution in [2.75, 3.05) is 18.9 Å². The van der Waals surface area contributed by atoms with Crippen molar-refractivity contribution in [3.8, 4) is 0 Å². The maximum Gasteiger partial charge on any atom is 0.324 e. The Bertz CT molecular complexity index is 895. The number of carbonyl (C=O) groups excluding carboxylic acids is 1.